The van der Waals surface area contributed by atoms with Gasteiger partial charge in [0, 0.05) is 13.1 Å². The minimum atomic E-state index is -0.153. The fraction of sp³-hybridized carbons (Fsp3) is 0.286. The molecule has 4 rings (SSSR count). The number of amides is 1. The molecule has 156 valence electrons. The van der Waals surface area contributed by atoms with Gasteiger partial charge in [-0.25, -0.2) is 0 Å². The highest BCUT2D eigenvalue weighted by atomic mass is 35.5. The van der Waals surface area contributed by atoms with Crippen LogP contribution in [0.25, 0.3) is 5.69 Å². The Morgan fingerprint density at radius 2 is 1.97 bits per heavy atom. The lowest BCUT2D eigenvalue weighted by Gasteiger charge is -2.28. The van der Waals surface area contributed by atoms with Gasteiger partial charge in [0.25, 0.3) is 0 Å². The van der Waals surface area contributed by atoms with Crippen LogP contribution in [0.4, 0.5) is 11.6 Å². The molecule has 2 heterocycles. The lowest BCUT2D eigenvalue weighted by molar-refractivity contribution is -0.113. The maximum atomic E-state index is 12.5. The summed E-state index contributed by atoms with van der Waals surface area (Å²) in [5, 5.41) is 12.8. The first-order chi connectivity index (χ1) is 14.6. The van der Waals surface area contributed by atoms with Crippen LogP contribution in [-0.2, 0) is 9.53 Å². The Morgan fingerprint density at radius 3 is 2.73 bits per heavy atom. The third-order valence-corrected chi connectivity index (χ3v) is 5.91. The molecule has 1 aliphatic rings. The molecule has 1 aliphatic heterocycles. The minimum Gasteiger partial charge on any atom is -0.378 e. The van der Waals surface area contributed by atoms with Gasteiger partial charge in [-0.05, 0) is 36.8 Å². The standard InChI is InChI=1S/C21H22ClN5O2S/c1-15-5-4-6-16(13-15)27-20(26-9-11-29-12-10-26)24-25-21(27)30-14-19(28)23-18-8-3-2-7-17(18)22/h2-8,13H,9-12,14H2,1H3,(H,23,28). The summed E-state index contributed by atoms with van der Waals surface area (Å²) in [4.78, 5) is 14.6. The Labute approximate surface area is 184 Å². The zero-order chi connectivity index (χ0) is 20.9. The highest BCUT2D eigenvalue weighted by Crippen LogP contribution is 2.28. The van der Waals surface area contributed by atoms with Gasteiger partial charge in [-0.3, -0.25) is 9.36 Å². The van der Waals surface area contributed by atoms with E-state index in [1.807, 2.05) is 41.8 Å². The fourth-order valence-corrected chi connectivity index (χ4v) is 4.13. The van der Waals surface area contributed by atoms with E-state index in [4.69, 9.17) is 16.3 Å². The van der Waals surface area contributed by atoms with E-state index in [1.165, 1.54) is 11.8 Å². The molecule has 0 radical (unpaired) electrons. The van der Waals surface area contributed by atoms with Crippen LogP contribution in [0, 0.1) is 6.92 Å². The molecule has 1 fully saturated rings. The number of anilines is 2. The fourth-order valence-electron chi connectivity index (χ4n) is 3.20. The van der Waals surface area contributed by atoms with Crippen molar-refractivity contribution in [2.24, 2.45) is 0 Å². The number of rotatable bonds is 6. The van der Waals surface area contributed by atoms with Gasteiger partial charge in [0.15, 0.2) is 5.16 Å². The van der Waals surface area contributed by atoms with Gasteiger partial charge in [-0.15, -0.1) is 10.2 Å². The number of benzene rings is 2. The number of carbonyl (C=O) groups excluding carboxylic acids is 1. The van der Waals surface area contributed by atoms with Crippen molar-refractivity contribution in [3.05, 3.63) is 59.1 Å². The number of ether oxygens (including phenoxy) is 1. The molecule has 1 amide bonds. The molecule has 9 heteroatoms. The number of nitrogens with one attached hydrogen (secondary N) is 1. The molecule has 30 heavy (non-hydrogen) atoms. The molecule has 1 N–H and O–H groups in total. The lowest BCUT2D eigenvalue weighted by atomic mass is 10.2. The average molecular weight is 444 g/mol. The van der Waals surface area contributed by atoms with Crippen LogP contribution in [0.15, 0.2) is 53.7 Å². The first kappa shape index (κ1) is 20.7. The molecule has 0 unspecified atom stereocenters. The maximum Gasteiger partial charge on any atom is 0.234 e. The average Bonchev–Trinajstić information content (AvgIpc) is 3.18. The molecule has 7 nitrogen and oxygen atoms in total. The van der Waals surface area contributed by atoms with E-state index < -0.39 is 0 Å². The summed E-state index contributed by atoms with van der Waals surface area (Å²) in [5.74, 6) is 0.802. The van der Waals surface area contributed by atoms with E-state index in [1.54, 1.807) is 12.1 Å². The van der Waals surface area contributed by atoms with Gasteiger partial charge in [0.1, 0.15) is 0 Å². The van der Waals surface area contributed by atoms with Crippen LogP contribution in [0.5, 0.6) is 0 Å². The van der Waals surface area contributed by atoms with Crippen molar-refractivity contribution >= 4 is 40.9 Å². The van der Waals surface area contributed by atoms with Crippen LogP contribution in [0.2, 0.25) is 5.02 Å². The third-order valence-electron chi connectivity index (χ3n) is 4.65. The summed E-state index contributed by atoms with van der Waals surface area (Å²) in [6, 6.07) is 15.3. The first-order valence-corrected chi connectivity index (χ1v) is 11.0. The summed E-state index contributed by atoms with van der Waals surface area (Å²) in [7, 11) is 0. The van der Waals surface area contributed by atoms with Crippen LogP contribution < -0.4 is 10.2 Å². The largest absolute Gasteiger partial charge is 0.378 e. The van der Waals surface area contributed by atoms with Gasteiger partial charge in [0.05, 0.1) is 35.4 Å². The van der Waals surface area contributed by atoms with Crippen molar-refractivity contribution in [3.8, 4) is 5.69 Å². The van der Waals surface area contributed by atoms with Gasteiger partial charge >= 0.3 is 0 Å². The molecular weight excluding hydrogens is 422 g/mol. The second-order valence-electron chi connectivity index (χ2n) is 6.87. The Balaban J connectivity index is 1.56. The molecule has 0 spiro atoms. The summed E-state index contributed by atoms with van der Waals surface area (Å²) in [6.45, 7) is 4.86. The summed E-state index contributed by atoms with van der Waals surface area (Å²) in [5.41, 5.74) is 2.70. The highest BCUT2D eigenvalue weighted by Gasteiger charge is 2.22. The highest BCUT2D eigenvalue weighted by molar-refractivity contribution is 7.99. The monoisotopic (exact) mass is 443 g/mol. The van der Waals surface area contributed by atoms with Crippen molar-refractivity contribution in [3.63, 3.8) is 0 Å². The lowest BCUT2D eigenvalue weighted by Crippen LogP contribution is -2.37. The summed E-state index contributed by atoms with van der Waals surface area (Å²) >= 11 is 7.47. The van der Waals surface area contributed by atoms with Gasteiger partial charge < -0.3 is 15.0 Å². The Kier molecular flexibility index (Phi) is 6.56. The summed E-state index contributed by atoms with van der Waals surface area (Å²) in [6.07, 6.45) is 0. The van der Waals surface area contributed by atoms with Crippen molar-refractivity contribution in [1.29, 1.82) is 0 Å². The van der Waals surface area contributed by atoms with Gasteiger partial charge in [-0.2, -0.15) is 0 Å². The number of morpholine rings is 1. The summed E-state index contributed by atoms with van der Waals surface area (Å²) < 4.78 is 7.48. The van der Waals surface area contributed by atoms with Crippen molar-refractivity contribution < 1.29 is 9.53 Å². The molecule has 0 bridgehead atoms. The van der Waals surface area contributed by atoms with E-state index >= 15 is 0 Å². The van der Waals surface area contributed by atoms with Crippen LogP contribution in [0.3, 0.4) is 0 Å². The van der Waals surface area contributed by atoms with E-state index in [9.17, 15) is 4.79 Å². The van der Waals surface area contributed by atoms with E-state index in [-0.39, 0.29) is 11.7 Å². The smallest absolute Gasteiger partial charge is 0.234 e. The van der Waals surface area contributed by atoms with Gasteiger partial charge in [-0.1, -0.05) is 47.6 Å². The molecule has 1 saturated heterocycles. The predicted octanol–water partition coefficient (Wildman–Crippen LogP) is 3.80. The van der Waals surface area contributed by atoms with Gasteiger partial charge in [0.2, 0.25) is 11.9 Å². The SMILES string of the molecule is Cc1cccc(-n2c(SCC(=O)Nc3ccccc3Cl)nnc2N2CCOCC2)c1. The minimum absolute atomic E-state index is 0.153. The van der Waals surface area contributed by atoms with E-state index in [0.717, 1.165) is 30.3 Å². The number of aromatic nitrogens is 3. The number of para-hydroxylation sites is 1. The second kappa shape index (κ2) is 9.51. The van der Waals surface area contributed by atoms with Crippen molar-refractivity contribution in [2.45, 2.75) is 12.1 Å². The molecule has 0 atom stereocenters. The number of aryl methyl sites for hydroxylation is 1. The van der Waals surface area contributed by atoms with Crippen molar-refractivity contribution in [2.75, 3.05) is 42.3 Å². The molecule has 3 aromatic rings. The number of nitrogens with zero attached hydrogens (tertiary/aromatic N) is 4. The Hall–Kier alpha value is -2.55. The number of thioether (sulfide) groups is 1. The molecule has 1 aromatic heterocycles. The zero-order valence-corrected chi connectivity index (χ0v) is 18.1. The van der Waals surface area contributed by atoms with E-state index in [0.29, 0.717) is 29.1 Å². The number of hydrogen-bond acceptors (Lipinski definition) is 6. The molecule has 2 aromatic carbocycles. The van der Waals surface area contributed by atoms with Crippen LogP contribution in [-0.4, -0.2) is 52.7 Å². The number of hydrogen-bond donors (Lipinski definition) is 1. The second-order valence-corrected chi connectivity index (χ2v) is 8.22. The third kappa shape index (κ3) is 4.77. The number of halogens is 1. The zero-order valence-electron chi connectivity index (χ0n) is 16.5. The quantitative estimate of drug-likeness (QED) is 0.584. The predicted molar refractivity (Wildman–Crippen MR) is 120 cm³/mol. The molecule has 0 saturated carbocycles. The van der Waals surface area contributed by atoms with Crippen LogP contribution in [0.1, 0.15) is 5.56 Å². The molecular formula is C21H22ClN5O2S. The van der Waals surface area contributed by atoms with Crippen molar-refractivity contribution in [1.82, 2.24) is 14.8 Å². The Morgan fingerprint density at radius 1 is 1.17 bits per heavy atom. The first-order valence-electron chi connectivity index (χ1n) is 9.64. The normalized spacial score (nSPS) is 14.0. The maximum absolute atomic E-state index is 12.5. The van der Waals surface area contributed by atoms with E-state index in [2.05, 4.69) is 26.5 Å². The number of carbonyl (C=O) groups is 1. The van der Waals surface area contributed by atoms with Crippen LogP contribution >= 0.6 is 23.4 Å². The Bertz CT molecular complexity index is 1040. The topological polar surface area (TPSA) is 72.3 Å². The molecule has 0 aliphatic carbocycles.